The largest absolute Gasteiger partial charge is 1.00 e. The van der Waals surface area contributed by atoms with Crippen molar-refractivity contribution in [1.29, 1.82) is 0 Å². The van der Waals surface area contributed by atoms with Gasteiger partial charge in [-0.3, -0.25) is 4.79 Å². The van der Waals surface area contributed by atoms with Crippen LogP contribution in [0.4, 0.5) is 0 Å². The molecule has 0 aliphatic rings. The van der Waals surface area contributed by atoms with Gasteiger partial charge in [0.2, 0.25) is 5.78 Å². The van der Waals surface area contributed by atoms with Gasteiger partial charge in [0, 0.05) is 6.92 Å². The first kappa shape index (κ1) is 12.4. The summed E-state index contributed by atoms with van der Waals surface area (Å²) in [6.07, 6.45) is 0. The number of ether oxygens (including phenoxy) is 1. The average Bonchev–Trinajstić information content (AvgIpc) is 2.06. The van der Waals surface area contributed by atoms with Crippen molar-refractivity contribution in [3.8, 4) is 5.75 Å². The second-order valence-corrected chi connectivity index (χ2v) is 2.26. The minimum Gasteiger partial charge on any atom is -1.00 e. The number of carbonyl (C=O) groups excluding carboxylic acids is 2. The predicted octanol–water partition coefficient (Wildman–Crippen LogP) is -1.70. The molecule has 0 N–H and O–H groups in total. The molecule has 4 heteroatoms. The molecule has 0 unspecified atom stereocenters. The summed E-state index contributed by atoms with van der Waals surface area (Å²) >= 11 is 0. The zero-order valence-electron chi connectivity index (χ0n) is 8.61. The van der Waals surface area contributed by atoms with Crippen molar-refractivity contribution >= 4 is 11.8 Å². The van der Waals surface area contributed by atoms with E-state index in [9.17, 15) is 9.59 Å². The molecule has 0 atom stereocenters. The third kappa shape index (κ3) is 4.22. The number of hydrogen-bond donors (Lipinski definition) is 0. The van der Waals surface area contributed by atoms with Crippen LogP contribution in [0.1, 0.15) is 8.35 Å². The molecule has 3 nitrogen and oxygen atoms in total. The number of ketones is 1. The van der Waals surface area contributed by atoms with Crippen molar-refractivity contribution in [1.82, 2.24) is 0 Å². The van der Waals surface area contributed by atoms with Crippen LogP contribution in [0.2, 0.25) is 0 Å². The Labute approximate surface area is 99.9 Å². The smallest absolute Gasteiger partial charge is 1.00 e. The molecule has 64 valence electrons. The van der Waals surface area contributed by atoms with Gasteiger partial charge in [0.1, 0.15) is 5.75 Å². The van der Waals surface area contributed by atoms with Gasteiger partial charge in [-0.1, -0.05) is 18.2 Å². The summed E-state index contributed by atoms with van der Waals surface area (Å²) < 4.78 is 4.69. The third-order valence-electron chi connectivity index (χ3n) is 1.24. The quantitative estimate of drug-likeness (QED) is 0.240. The maximum Gasteiger partial charge on any atom is 1.00 e. The SMILES string of the molecule is CC(=O)C(=O)Oc1ccccc1.[H-].[Na+]. The van der Waals surface area contributed by atoms with Crippen LogP contribution in [0.25, 0.3) is 0 Å². The first-order valence-corrected chi connectivity index (χ1v) is 3.48. The van der Waals surface area contributed by atoms with Crippen LogP contribution in [-0.4, -0.2) is 11.8 Å². The molecule has 0 saturated heterocycles. The average molecular weight is 188 g/mol. The second-order valence-electron chi connectivity index (χ2n) is 2.26. The fourth-order valence-corrected chi connectivity index (χ4v) is 0.667. The Balaban J connectivity index is 0. The maximum absolute atomic E-state index is 10.7. The summed E-state index contributed by atoms with van der Waals surface area (Å²) in [7, 11) is 0. The van der Waals surface area contributed by atoms with Crippen LogP contribution in [-0.2, 0) is 9.59 Å². The van der Waals surface area contributed by atoms with Crippen molar-refractivity contribution in [2.45, 2.75) is 6.92 Å². The minimum absolute atomic E-state index is 0. The van der Waals surface area contributed by atoms with E-state index in [1.807, 2.05) is 0 Å². The van der Waals surface area contributed by atoms with E-state index in [2.05, 4.69) is 4.74 Å². The van der Waals surface area contributed by atoms with Gasteiger partial charge in [-0.15, -0.1) is 0 Å². The van der Waals surface area contributed by atoms with Crippen LogP contribution < -0.4 is 34.3 Å². The number of benzene rings is 1. The minimum atomic E-state index is -0.832. The summed E-state index contributed by atoms with van der Waals surface area (Å²) in [6, 6.07) is 8.47. The Morgan fingerprint density at radius 1 is 1.23 bits per heavy atom. The number of Topliss-reactive ketones (excluding diaryl/α,β-unsaturated/α-hetero) is 1. The molecular weight excluding hydrogens is 179 g/mol. The topological polar surface area (TPSA) is 43.4 Å². The number of esters is 1. The fraction of sp³-hybridized carbons (Fsp3) is 0.111. The Bertz CT molecular complexity index is 300. The predicted molar refractivity (Wildman–Crippen MR) is 43.9 cm³/mol. The van der Waals surface area contributed by atoms with Crippen LogP contribution in [0.3, 0.4) is 0 Å². The van der Waals surface area contributed by atoms with Gasteiger partial charge >= 0.3 is 35.5 Å². The number of rotatable bonds is 2. The molecule has 1 aromatic carbocycles. The van der Waals surface area contributed by atoms with Gasteiger partial charge in [0.25, 0.3) is 0 Å². The molecule has 0 saturated carbocycles. The molecule has 1 rings (SSSR count). The fourth-order valence-electron chi connectivity index (χ4n) is 0.667. The van der Waals surface area contributed by atoms with Crippen molar-refractivity contribution < 1.29 is 45.3 Å². The summed E-state index contributed by atoms with van der Waals surface area (Å²) in [6.45, 7) is 1.17. The van der Waals surface area contributed by atoms with E-state index in [4.69, 9.17) is 0 Å². The van der Waals surface area contributed by atoms with E-state index in [1.165, 1.54) is 6.92 Å². The number of carbonyl (C=O) groups is 2. The van der Waals surface area contributed by atoms with Crippen molar-refractivity contribution in [3.05, 3.63) is 30.3 Å². The summed E-state index contributed by atoms with van der Waals surface area (Å²) in [5.41, 5.74) is 0. The third-order valence-corrected chi connectivity index (χ3v) is 1.24. The van der Waals surface area contributed by atoms with E-state index in [0.29, 0.717) is 5.75 Å². The van der Waals surface area contributed by atoms with Crippen molar-refractivity contribution in [2.24, 2.45) is 0 Å². The van der Waals surface area contributed by atoms with Gasteiger partial charge in [0.15, 0.2) is 0 Å². The maximum atomic E-state index is 10.7. The molecule has 0 aliphatic heterocycles. The summed E-state index contributed by atoms with van der Waals surface area (Å²) in [5, 5.41) is 0. The monoisotopic (exact) mass is 188 g/mol. The van der Waals surface area contributed by atoms with Crippen LogP contribution in [0.5, 0.6) is 5.75 Å². The second kappa shape index (κ2) is 5.91. The number of para-hydroxylation sites is 1. The molecule has 0 aromatic heterocycles. The number of hydrogen-bond acceptors (Lipinski definition) is 3. The Kier molecular flexibility index (Phi) is 5.62. The summed E-state index contributed by atoms with van der Waals surface area (Å²) in [4.78, 5) is 21.2. The molecule has 0 heterocycles. The Hall–Kier alpha value is -0.640. The van der Waals surface area contributed by atoms with Crippen LogP contribution in [0.15, 0.2) is 30.3 Å². The Morgan fingerprint density at radius 3 is 2.23 bits per heavy atom. The first-order valence-electron chi connectivity index (χ1n) is 3.48. The molecule has 1 aromatic rings. The van der Waals surface area contributed by atoms with E-state index in [1.54, 1.807) is 30.3 Å². The van der Waals surface area contributed by atoms with E-state index in [0.717, 1.165) is 0 Å². The standard InChI is InChI=1S/C9H8O3.Na.H/c1-7(10)9(11)12-8-5-3-2-4-6-8;;/h2-6H,1H3;;/q;+1;-1. The van der Waals surface area contributed by atoms with Gasteiger partial charge in [0.05, 0.1) is 0 Å². The molecule has 0 amide bonds. The molecule has 0 bridgehead atoms. The molecular formula is C9H9NaO3. The normalized spacial score (nSPS) is 8.38. The van der Waals surface area contributed by atoms with Gasteiger partial charge in [-0.25, -0.2) is 4.79 Å². The molecule has 0 fully saturated rings. The van der Waals surface area contributed by atoms with Gasteiger partial charge < -0.3 is 6.16 Å². The van der Waals surface area contributed by atoms with Crippen molar-refractivity contribution in [2.75, 3.05) is 0 Å². The van der Waals surface area contributed by atoms with E-state index >= 15 is 0 Å². The molecule has 0 spiro atoms. The Morgan fingerprint density at radius 2 is 1.77 bits per heavy atom. The zero-order valence-corrected chi connectivity index (χ0v) is 9.61. The first-order chi connectivity index (χ1) is 5.70. The van der Waals surface area contributed by atoms with Crippen LogP contribution in [0, 0.1) is 0 Å². The zero-order chi connectivity index (χ0) is 8.97. The van der Waals surface area contributed by atoms with Gasteiger partial charge in [-0.05, 0) is 12.1 Å². The molecule has 0 aliphatic carbocycles. The van der Waals surface area contributed by atoms with Crippen molar-refractivity contribution in [3.63, 3.8) is 0 Å². The van der Waals surface area contributed by atoms with Crippen LogP contribution >= 0.6 is 0 Å². The molecule has 13 heavy (non-hydrogen) atoms. The van der Waals surface area contributed by atoms with Gasteiger partial charge in [-0.2, -0.15) is 0 Å². The molecule has 0 radical (unpaired) electrons. The van der Waals surface area contributed by atoms with E-state index in [-0.39, 0.29) is 31.0 Å². The summed E-state index contributed by atoms with van der Waals surface area (Å²) in [5.74, 6) is -1.04. The van der Waals surface area contributed by atoms with E-state index < -0.39 is 11.8 Å².